The van der Waals surface area contributed by atoms with Crippen LogP contribution in [0.25, 0.3) is 11.6 Å². The minimum Gasteiger partial charge on any atom is -0.388 e. The largest absolute Gasteiger partial charge is 0.388 e. The van der Waals surface area contributed by atoms with Gasteiger partial charge in [0.15, 0.2) is 5.82 Å². The maximum Gasteiger partial charge on any atom is 0.239 e. The zero-order valence-corrected chi connectivity index (χ0v) is 16.7. The number of benzene rings is 2. The van der Waals surface area contributed by atoms with Crippen molar-refractivity contribution >= 4 is 11.6 Å². The summed E-state index contributed by atoms with van der Waals surface area (Å²) in [5.41, 5.74) is 2.73. The highest BCUT2D eigenvalue weighted by Crippen LogP contribution is 2.20. The Labute approximate surface area is 178 Å². The van der Waals surface area contributed by atoms with Crippen molar-refractivity contribution < 1.29 is 14.4 Å². The van der Waals surface area contributed by atoms with Gasteiger partial charge in [-0.25, -0.2) is 4.98 Å². The molecule has 1 atom stereocenters. The van der Waals surface area contributed by atoms with Crippen molar-refractivity contribution in [3.05, 3.63) is 77.9 Å². The molecule has 0 bridgehead atoms. The lowest BCUT2D eigenvalue weighted by atomic mass is 10.0. The third-order valence-corrected chi connectivity index (χ3v) is 4.79. The van der Waals surface area contributed by atoms with E-state index in [1.54, 1.807) is 0 Å². The van der Waals surface area contributed by atoms with E-state index in [0.29, 0.717) is 36.1 Å². The fourth-order valence-electron chi connectivity index (χ4n) is 3.11. The van der Waals surface area contributed by atoms with Crippen LogP contribution in [-0.4, -0.2) is 36.3 Å². The SMILES string of the molecule is O=C(CCc1nc(-c2ncn[nH]2)no1)Nc1ccc(CCC(O)c2ccccc2)cc1. The smallest absolute Gasteiger partial charge is 0.239 e. The Morgan fingerprint density at radius 1 is 1.10 bits per heavy atom. The van der Waals surface area contributed by atoms with E-state index in [9.17, 15) is 9.90 Å². The minimum absolute atomic E-state index is 0.147. The van der Waals surface area contributed by atoms with Crippen LogP contribution in [0, 0.1) is 0 Å². The number of anilines is 1. The Hall–Kier alpha value is -3.85. The fourth-order valence-corrected chi connectivity index (χ4v) is 3.11. The molecule has 0 spiro atoms. The molecule has 0 aliphatic carbocycles. The van der Waals surface area contributed by atoms with E-state index < -0.39 is 6.10 Å². The molecule has 3 N–H and O–H groups in total. The molecule has 1 unspecified atom stereocenters. The summed E-state index contributed by atoms with van der Waals surface area (Å²) in [5, 5.41) is 23.3. The molecule has 2 heterocycles. The Kier molecular flexibility index (Phi) is 6.44. The summed E-state index contributed by atoms with van der Waals surface area (Å²) in [5.74, 6) is 0.928. The molecule has 2 aromatic heterocycles. The lowest BCUT2D eigenvalue weighted by Crippen LogP contribution is -2.12. The number of H-pyrrole nitrogens is 1. The zero-order valence-electron chi connectivity index (χ0n) is 16.7. The molecule has 0 fully saturated rings. The van der Waals surface area contributed by atoms with E-state index in [1.807, 2.05) is 54.6 Å². The van der Waals surface area contributed by atoms with E-state index in [2.05, 4.69) is 30.6 Å². The van der Waals surface area contributed by atoms with Crippen molar-refractivity contribution in [1.29, 1.82) is 0 Å². The van der Waals surface area contributed by atoms with Crippen molar-refractivity contribution in [3.63, 3.8) is 0 Å². The Morgan fingerprint density at radius 3 is 2.65 bits per heavy atom. The Bertz CT molecular complexity index is 1090. The van der Waals surface area contributed by atoms with Gasteiger partial charge >= 0.3 is 0 Å². The van der Waals surface area contributed by atoms with E-state index >= 15 is 0 Å². The summed E-state index contributed by atoms with van der Waals surface area (Å²) in [6, 6.07) is 17.2. The second-order valence-electron chi connectivity index (χ2n) is 7.06. The fraction of sp³-hybridized carbons (Fsp3) is 0.227. The number of carbonyl (C=O) groups is 1. The average molecular weight is 418 g/mol. The van der Waals surface area contributed by atoms with Crippen molar-refractivity contribution in [2.75, 3.05) is 5.32 Å². The summed E-state index contributed by atoms with van der Waals surface area (Å²) in [4.78, 5) is 20.4. The minimum atomic E-state index is -0.491. The number of aryl methyl sites for hydroxylation is 2. The molecular formula is C22H22N6O3. The van der Waals surface area contributed by atoms with Crippen molar-refractivity contribution in [2.45, 2.75) is 31.8 Å². The number of rotatable bonds is 9. The molecule has 0 radical (unpaired) electrons. The van der Waals surface area contributed by atoms with Crippen molar-refractivity contribution in [1.82, 2.24) is 25.3 Å². The summed E-state index contributed by atoms with van der Waals surface area (Å²) in [6.07, 6.45) is 2.78. The maximum atomic E-state index is 12.2. The zero-order chi connectivity index (χ0) is 21.5. The first kappa shape index (κ1) is 20.4. The molecule has 31 heavy (non-hydrogen) atoms. The van der Waals surface area contributed by atoms with Crippen LogP contribution in [-0.2, 0) is 17.6 Å². The molecule has 1 amide bonds. The number of aliphatic hydroxyl groups excluding tert-OH is 1. The Balaban J connectivity index is 1.22. The molecule has 0 aliphatic heterocycles. The predicted octanol–water partition coefficient (Wildman–Crippen LogP) is 3.09. The van der Waals surface area contributed by atoms with Crippen LogP contribution >= 0.6 is 0 Å². The number of nitrogens with one attached hydrogen (secondary N) is 2. The number of nitrogens with zero attached hydrogens (tertiary/aromatic N) is 4. The molecule has 0 saturated carbocycles. The average Bonchev–Trinajstić information content (AvgIpc) is 3.50. The third-order valence-electron chi connectivity index (χ3n) is 4.79. The van der Waals surface area contributed by atoms with Gasteiger partial charge < -0.3 is 14.9 Å². The highest BCUT2D eigenvalue weighted by Gasteiger charge is 2.13. The van der Waals surface area contributed by atoms with Gasteiger partial charge in [-0.2, -0.15) is 10.1 Å². The van der Waals surface area contributed by atoms with Gasteiger partial charge in [-0.05, 0) is 36.1 Å². The first-order chi connectivity index (χ1) is 15.2. The number of amides is 1. The van der Waals surface area contributed by atoms with Gasteiger partial charge in [-0.15, -0.1) is 0 Å². The maximum absolute atomic E-state index is 12.2. The number of hydrogen-bond donors (Lipinski definition) is 3. The van der Waals surface area contributed by atoms with E-state index in [1.165, 1.54) is 6.33 Å². The molecule has 0 aliphatic rings. The summed E-state index contributed by atoms with van der Waals surface area (Å²) in [6.45, 7) is 0. The first-order valence-electron chi connectivity index (χ1n) is 9.97. The number of aliphatic hydroxyl groups is 1. The lowest BCUT2D eigenvalue weighted by molar-refractivity contribution is -0.116. The van der Waals surface area contributed by atoms with Crippen LogP contribution in [0.5, 0.6) is 0 Å². The molecule has 9 heteroatoms. The third kappa shape index (κ3) is 5.61. The van der Waals surface area contributed by atoms with Gasteiger partial charge in [-0.1, -0.05) is 47.6 Å². The number of aromatic amines is 1. The molecular weight excluding hydrogens is 396 g/mol. The highest BCUT2D eigenvalue weighted by molar-refractivity contribution is 5.90. The predicted molar refractivity (Wildman–Crippen MR) is 113 cm³/mol. The number of carbonyl (C=O) groups excluding carboxylic acids is 1. The number of hydrogen-bond acceptors (Lipinski definition) is 7. The van der Waals surface area contributed by atoms with Crippen LogP contribution in [0.3, 0.4) is 0 Å². The van der Waals surface area contributed by atoms with Gasteiger partial charge in [0.25, 0.3) is 0 Å². The van der Waals surface area contributed by atoms with Crippen LogP contribution < -0.4 is 5.32 Å². The quantitative estimate of drug-likeness (QED) is 0.381. The molecule has 4 rings (SSSR count). The van der Waals surface area contributed by atoms with Crippen LogP contribution in [0.1, 0.15) is 36.0 Å². The van der Waals surface area contributed by atoms with E-state index in [4.69, 9.17) is 4.52 Å². The number of aromatic nitrogens is 5. The summed E-state index contributed by atoms with van der Waals surface area (Å²) < 4.78 is 5.13. The second kappa shape index (κ2) is 9.77. The van der Waals surface area contributed by atoms with Crippen LogP contribution in [0.15, 0.2) is 65.4 Å². The van der Waals surface area contributed by atoms with Crippen molar-refractivity contribution in [2.24, 2.45) is 0 Å². The highest BCUT2D eigenvalue weighted by atomic mass is 16.5. The normalized spacial score (nSPS) is 11.9. The van der Waals surface area contributed by atoms with Gasteiger partial charge in [0.2, 0.25) is 17.6 Å². The van der Waals surface area contributed by atoms with Gasteiger partial charge in [0, 0.05) is 18.5 Å². The molecule has 9 nitrogen and oxygen atoms in total. The second-order valence-corrected chi connectivity index (χ2v) is 7.06. The van der Waals surface area contributed by atoms with Gasteiger partial charge in [-0.3, -0.25) is 9.89 Å². The molecule has 0 saturated heterocycles. The molecule has 4 aromatic rings. The summed E-state index contributed by atoms with van der Waals surface area (Å²) >= 11 is 0. The van der Waals surface area contributed by atoms with E-state index in [0.717, 1.165) is 17.5 Å². The Morgan fingerprint density at radius 2 is 1.90 bits per heavy atom. The van der Waals surface area contributed by atoms with Gasteiger partial charge in [0.1, 0.15) is 6.33 Å². The molecule has 158 valence electrons. The van der Waals surface area contributed by atoms with E-state index in [-0.39, 0.29) is 12.3 Å². The van der Waals surface area contributed by atoms with Crippen molar-refractivity contribution in [3.8, 4) is 11.6 Å². The van der Waals surface area contributed by atoms with Crippen LogP contribution in [0.2, 0.25) is 0 Å². The topological polar surface area (TPSA) is 130 Å². The lowest BCUT2D eigenvalue weighted by Gasteiger charge is -2.11. The molecule has 2 aromatic carbocycles. The monoisotopic (exact) mass is 418 g/mol. The summed E-state index contributed by atoms with van der Waals surface area (Å²) in [7, 11) is 0. The van der Waals surface area contributed by atoms with Crippen LogP contribution in [0.4, 0.5) is 5.69 Å². The standard InChI is InChI=1S/C22H22N6O3/c29-18(16-4-2-1-3-5-16)11-8-15-6-9-17(10-7-15)25-19(30)12-13-20-26-22(28-31-20)21-23-14-24-27-21/h1-7,9-10,14,18,29H,8,11-13H2,(H,25,30)(H,23,24,27). The van der Waals surface area contributed by atoms with Gasteiger partial charge in [0.05, 0.1) is 6.10 Å². The first-order valence-corrected chi connectivity index (χ1v) is 9.97.